The van der Waals surface area contributed by atoms with E-state index in [-0.39, 0.29) is 0 Å². The zero-order valence-corrected chi connectivity index (χ0v) is 23.3. The molecular formula is C40H25N3. The SMILES string of the molecule is c1ccc(-n2nc(-c3ccc(-c4ccc5ccccc5c4)cc3)nc2-c2ccc3ccc4cccc5ccc2c3c45)cc1. The standard InChI is InChI=1S/C40H25N3/c1-2-11-34(12-3-1)43-40(36-24-22-30-17-16-28-9-6-10-29-21-23-35(36)38(30)37(28)29)41-39(42-43)31-18-13-27(14-19-31)33-20-15-26-7-4-5-8-32(26)25-33/h1-25H. The van der Waals surface area contributed by atoms with Gasteiger partial charge in [-0.15, -0.1) is 5.10 Å². The predicted molar refractivity (Wildman–Crippen MR) is 179 cm³/mol. The van der Waals surface area contributed by atoms with Gasteiger partial charge in [-0.05, 0) is 78.5 Å². The largest absolute Gasteiger partial charge is 0.213 e. The summed E-state index contributed by atoms with van der Waals surface area (Å²) in [7, 11) is 0. The van der Waals surface area contributed by atoms with Gasteiger partial charge in [0.25, 0.3) is 0 Å². The van der Waals surface area contributed by atoms with Crippen LogP contribution in [0.25, 0.3) is 82.7 Å². The van der Waals surface area contributed by atoms with Gasteiger partial charge in [-0.1, -0.05) is 127 Å². The Morgan fingerprint density at radius 3 is 1.84 bits per heavy atom. The Balaban J connectivity index is 1.20. The topological polar surface area (TPSA) is 30.7 Å². The maximum absolute atomic E-state index is 5.20. The average molecular weight is 548 g/mol. The van der Waals surface area contributed by atoms with Crippen molar-refractivity contribution in [3.8, 4) is 39.6 Å². The second-order valence-electron chi connectivity index (χ2n) is 11.1. The Labute approximate surface area is 248 Å². The molecule has 0 amide bonds. The predicted octanol–water partition coefficient (Wildman–Crippen LogP) is 10.3. The van der Waals surface area contributed by atoms with Gasteiger partial charge in [-0.3, -0.25) is 0 Å². The van der Waals surface area contributed by atoms with Crippen LogP contribution in [0.3, 0.4) is 0 Å². The second-order valence-corrected chi connectivity index (χ2v) is 11.1. The maximum atomic E-state index is 5.20. The van der Waals surface area contributed by atoms with E-state index in [0.717, 1.165) is 22.6 Å². The van der Waals surface area contributed by atoms with Crippen LogP contribution in [0, 0.1) is 0 Å². The minimum atomic E-state index is 0.703. The molecule has 200 valence electrons. The van der Waals surface area contributed by atoms with Crippen LogP contribution in [0.4, 0.5) is 0 Å². The third-order valence-electron chi connectivity index (χ3n) is 8.60. The fourth-order valence-corrected chi connectivity index (χ4v) is 6.47. The van der Waals surface area contributed by atoms with E-state index in [4.69, 9.17) is 10.1 Å². The van der Waals surface area contributed by atoms with Crippen LogP contribution in [0.15, 0.2) is 152 Å². The van der Waals surface area contributed by atoms with Gasteiger partial charge in [0.05, 0.1) is 5.69 Å². The van der Waals surface area contributed by atoms with Gasteiger partial charge in [-0.2, -0.15) is 0 Å². The van der Waals surface area contributed by atoms with E-state index in [9.17, 15) is 0 Å². The number of hydrogen-bond acceptors (Lipinski definition) is 2. The zero-order chi connectivity index (χ0) is 28.3. The minimum absolute atomic E-state index is 0.703. The number of fused-ring (bicyclic) bond motifs is 1. The van der Waals surface area contributed by atoms with Crippen molar-refractivity contribution in [2.45, 2.75) is 0 Å². The van der Waals surface area contributed by atoms with Crippen LogP contribution < -0.4 is 0 Å². The highest BCUT2D eigenvalue weighted by Gasteiger charge is 2.19. The third-order valence-corrected chi connectivity index (χ3v) is 8.60. The lowest BCUT2D eigenvalue weighted by Gasteiger charge is -2.14. The van der Waals surface area contributed by atoms with Gasteiger partial charge >= 0.3 is 0 Å². The summed E-state index contributed by atoms with van der Waals surface area (Å²) in [6, 6.07) is 53.8. The van der Waals surface area contributed by atoms with Gasteiger partial charge in [0.2, 0.25) is 0 Å². The first-order valence-corrected chi connectivity index (χ1v) is 14.6. The monoisotopic (exact) mass is 547 g/mol. The zero-order valence-electron chi connectivity index (χ0n) is 23.3. The van der Waals surface area contributed by atoms with Crippen molar-refractivity contribution in [1.82, 2.24) is 14.8 Å². The fraction of sp³-hybridized carbons (Fsp3) is 0. The summed E-state index contributed by atoms with van der Waals surface area (Å²) < 4.78 is 1.98. The van der Waals surface area contributed by atoms with Crippen molar-refractivity contribution in [2.24, 2.45) is 0 Å². The number of aromatic nitrogens is 3. The summed E-state index contributed by atoms with van der Waals surface area (Å²) in [5, 5.41) is 15.1. The minimum Gasteiger partial charge on any atom is -0.213 e. The van der Waals surface area contributed by atoms with Crippen LogP contribution in [0.1, 0.15) is 0 Å². The van der Waals surface area contributed by atoms with Crippen molar-refractivity contribution in [3.05, 3.63) is 152 Å². The number of nitrogens with zero attached hydrogens (tertiary/aromatic N) is 3. The molecular weight excluding hydrogens is 522 g/mol. The van der Waals surface area contributed by atoms with Gasteiger partial charge in [0.15, 0.2) is 11.6 Å². The van der Waals surface area contributed by atoms with Crippen LogP contribution >= 0.6 is 0 Å². The molecule has 1 heterocycles. The Hall–Kier alpha value is -5.80. The number of hydrogen-bond donors (Lipinski definition) is 0. The van der Waals surface area contributed by atoms with E-state index in [1.165, 1.54) is 54.2 Å². The van der Waals surface area contributed by atoms with Crippen molar-refractivity contribution < 1.29 is 0 Å². The molecule has 3 heteroatoms. The maximum Gasteiger partial charge on any atom is 0.182 e. The van der Waals surface area contributed by atoms with Crippen molar-refractivity contribution in [1.29, 1.82) is 0 Å². The van der Waals surface area contributed by atoms with Gasteiger partial charge in [0.1, 0.15) is 0 Å². The summed E-state index contributed by atoms with van der Waals surface area (Å²) in [6.45, 7) is 0. The van der Waals surface area contributed by atoms with Crippen LogP contribution in [-0.4, -0.2) is 14.8 Å². The summed E-state index contributed by atoms with van der Waals surface area (Å²) >= 11 is 0. The van der Waals surface area contributed by atoms with Gasteiger partial charge in [0, 0.05) is 11.1 Å². The van der Waals surface area contributed by atoms with E-state index < -0.39 is 0 Å². The number of para-hydroxylation sites is 1. The molecule has 3 nitrogen and oxygen atoms in total. The summed E-state index contributed by atoms with van der Waals surface area (Å²) in [6.07, 6.45) is 0. The molecule has 0 unspecified atom stereocenters. The highest BCUT2D eigenvalue weighted by atomic mass is 15.4. The molecule has 0 radical (unpaired) electrons. The molecule has 0 saturated heterocycles. The fourth-order valence-electron chi connectivity index (χ4n) is 6.47. The first-order valence-electron chi connectivity index (χ1n) is 14.6. The van der Waals surface area contributed by atoms with Gasteiger partial charge in [-0.25, -0.2) is 9.67 Å². The van der Waals surface area contributed by atoms with Crippen LogP contribution in [0.5, 0.6) is 0 Å². The molecule has 0 aliphatic rings. The number of benzene rings is 8. The highest BCUT2D eigenvalue weighted by Crippen LogP contribution is 2.39. The Morgan fingerprint density at radius 2 is 1.02 bits per heavy atom. The summed E-state index contributed by atoms with van der Waals surface area (Å²) in [4.78, 5) is 5.20. The number of rotatable bonds is 4. The lowest BCUT2D eigenvalue weighted by molar-refractivity contribution is 0.891. The highest BCUT2D eigenvalue weighted by molar-refractivity contribution is 6.25. The molecule has 0 atom stereocenters. The van der Waals surface area contributed by atoms with E-state index >= 15 is 0 Å². The normalized spacial score (nSPS) is 11.7. The van der Waals surface area contributed by atoms with Crippen molar-refractivity contribution in [3.63, 3.8) is 0 Å². The molecule has 0 aliphatic carbocycles. The molecule has 0 saturated carbocycles. The van der Waals surface area contributed by atoms with E-state index in [2.05, 4.69) is 133 Å². The lowest BCUT2D eigenvalue weighted by atomic mass is 9.92. The Morgan fingerprint density at radius 1 is 0.419 bits per heavy atom. The average Bonchev–Trinajstić information content (AvgIpc) is 3.53. The Bertz CT molecular complexity index is 2420. The smallest absolute Gasteiger partial charge is 0.182 e. The van der Waals surface area contributed by atoms with E-state index in [1.807, 2.05) is 22.9 Å². The molecule has 9 rings (SSSR count). The first kappa shape index (κ1) is 23.9. The molecule has 0 spiro atoms. The second kappa shape index (κ2) is 9.37. The quantitative estimate of drug-likeness (QED) is 0.205. The molecule has 8 aromatic carbocycles. The molecule has 1 aromatic heterocycles. The molecule has 0 aliphatic heterocycles. The van der Waals surface area contributed by atoms with Crippen LogP contribution in [-0.2, 0) is 0 Å². The summed E-state index contributed by atoms with van der Waals surface area (Å²) in [5.41, 5.74) is 5.40. The lowest BCUT2D eigenvalue weighted by Crippen LogP contribution is -2.00. The van der Waals surface area contributed by atoms with Crippen molar-refractivity contribution >= 4 is 43.1 Å². The van der Waals surface area contributed by atoms with E-state index in [1.54, 1.807) is 0 Å². The van der Waals surface area contributed by atoms with Crippen molar-refractivity contribution in [2.75, 3.05) is 0 Å². The van der Waals surface area contributed by atoms with Crippen LogP contribution in [0.2, 0.25) is 0 Å². The van der Waals surface area contributed by atoms with Gasteiger partial charge < -0.3 is 0 Å². The Kier molecular flexibility index (Phi) is 5.20. The third kappa shape index (κ3) is 3.83. The molecule has 0 N–H and O–H groups in total. The molecule has 0 fully saturated rings. The molecule has 43 heavy (non-hydrogen) atoms. The molecule has 0 bridgehead atoms. The van der Waals surface area contributed by atoms with E-state index in [0.29, 0.717) is 5.82 Å². The summed E-state index contributed by atoms with van der Waals surface area (Å²) in [5.74, 6) is 1.53. The first-order chi connectivity index (χ1) is 21.3. The molecule has 9 aromatic rings.